The molecule has 0 aliphatic rings. The second-order valence-corrected chi connectivity index (χ2v) is 4.85. The molecule has 0 radical (unpaired) electrons. The predicted octanol–water partition coefficient (Wildman–Crippen LogP) is 2.55. The first kappa shape index (κ1) is 13.6. The van der Waals surface area contributed by atoms with E-state index in [1.54, 1.807) is 38.1 Å². The lowest BCUT2D eigenvalue weighted by Crippen LogP contribution is -2.25. The Balaban J connectivity index is 3.11. The van der Waals surface area contributed by atoms with Gasteiger partial charge in [0.2, 0.25) is 0 Å². The van der Waals surface area contributed by atoms with E-state index in [1.807, 2.05) is 0 Å². The van der Waals surface area contributed by atoms with E-state index in [-0.39, 0.29) is 0 Å². The summed E-state index contributed by atoms with van der Waals surface area (Å²) in [6.45, 7) is 7.00. The lowest BCUT2D eigenvalue weighted by atomic mass is 9.96. The van der Waals surface area contributed by atoms with Crippen LogP contribution in [0.15, 0.2) is 36.0 Å². The van der Waals surface area contributed by atoms with E-state index in [1.165, 1.54) is 0 Å². The molecule has 0 heterocycles. The molecular formula is C13H17ClN2O. The van der Waals surface area contributed by atoms with E-state index >= 15 is 0 Å². The lowest BCUT2D eigenvalue weighted by Gasteiger charge is -2.20. The van der Waals surface area contributed by atoms with Crippen molar-refractivity contribution in [2.45, 2.75) is 19.4 Å². The largest absolute Gasteiger partial charge is 0.398 e. The standard InChI is InChI=1S/C13H17ClN2O/c1-8(13(2,3)17)12(16)7-9-6-10(14)4-5-11(9)15/h4-7,17H,1,15-16H2,2-3H3/b12-7+. The third kappa shape index (κ3) is 3.51. The van der Waals surface area contributed by atoms with Crippen LogP contribution >= 0.6 is 11.6 Å². The molecule has 0 aliphatic heterocycles. The zero-order valence-electron chi connectivity index (χ0n) is 10.00. The maximum absolute atomic E-state index is 9.78. The summed E-state index contributed by atoms with van der Waals surface area (Å²) in [6, 6.07) is 5.12. The van der Waals surface area contributed by atoms with Crippen LogP contribution in [0.5, 0.6) is 0 Å². The SMILES string of the molecule is C=C(/C(N)=C\c1cc(Cl)ccc1N)C(C)(C)O. The molecule has 3 nitrogen and oxygen atoms in total. The van der Waals surface area contributed by atoms with E-state index < -0.39 is 5.60 Å². The third-order valence-corrected chi connectivity index (χ3v) is 2.68. The Morgan fingerprint density at radius 3 is 2.59 bits per heavy atom. The summed E-state index contributed by atoms with van der Waals surface area (Å²) in [6.07, 6.45) is 1.65. The van der Waals surface area contributed by atoms with Crippen molar-refractivity contribution in [2.24, 2.45) is 5.73 Å². The number of halogens is 1. The molecule has 0 aromatic heterocycles. The molecule has 0 amide bonds. The van der Waals surface area contributed by atoms with E-state index in [2.05, 4.69) is 6.58 Å². The molecule has 0 bridgehead atoms. The number of nitrogen functional groups attached to an aromatic ring is 1. The number of hydrogen-bond donors (Lipinski definition) is 3. The van der Waals surface area contributed by atoms with E-state index in [4.69, 9.17) is 23.1 Å². The maximum atomic E-state index is 9.78. The highest BCUT2D eigenvalue weighted by atomic mass is 35.5. The molecule has 17 heavy (non-hydrogen) atoms. The van der Waals surface area contributed by atoms with Crippen molar-refractivity contribution in [3.05, 3.63) is 46.6 Å². The molecule has 5 N–H and O–H groups in total. The molecule has 0 aliphatic carbocycles. The van der Waals surface area contributed by atoms with Gasteiger partial charge in [0.25, 0.3) is 0 Å². The van der Waals surface area contributed by atoms with Crippen LogP contribution in [0.3, 0.4) is 0 Å². The van der Waals surface area contributed by atoms with Crippen molar-refractivity contribution < 1.29 is 5.11 Å². The van der Waals surface area contributed by atoms with Crippen LogP contribution in [0.25, 0.3) is 6.08 Å². The minimum atomic E-state index is -1.06. The Morgan fingerprint density at radius 1 is 1.47 bits per heavy atom. The summed E-state index contributed by atoms with van der Waals surface area (Å²) < 4.78 is 0. The first-order chi connectivity index (χ1) is 7.71. The summed E-state index contributed by atoms with van der Waals surface area (Å²) in [5.74, 6) is 0. The second kappa shape index (κ2) is 4.82. The van der Waals surface area contributed by atoms with Crippen molar-refractivity contribution in [2.75, 3.05) is 5.73 Å². The molecule has 1 aromatic rings. The zero-order chi connectivity index (χ0) is 13.2. The fourth-order valence-electron chi connectivity index (χ4n) is 1.28. The van der Waals surface area contributed by atoms with Crippen molar-refractivity contribution in [1.29, 1.82) is 0 Å². The number of rotatable bonds is 3. The van der Waals surface area contributed by atoms with Crippen molar-refractivity contribution in [1.82, 2.24) is 0 Å². The molecule has 0 unspecified atom stereocenters. The van der Waals surface area contributed by atoms with Crippen LogP contribution in [0.1, 0.15) is 19.4 Å². The van der Waals surface area contributed by atoms with Gasteiger partial charge in [-0.15, -0.1) is 0 Å². The first-order valence-electron chi connectivity index (χ1n) is 5.16. The normalized spacial score (nSPS) is 12.6. The summed E-state index contributed by atoms with van der Waals surface area (Å²) in [4.78, 5) is 0. The van der Waals surface area contributed by atoms with Crippen LogP contribution in [-0.4, -0.2) is 10.7 Å². The highest BCUT2D eigenvalue weighted by molar-refractivity contribution is 6.30. The Bertz CT molecular complexity index is 473. The number of hydrogen-bond acceptors (Lipinski definition) is 3. The molecule has 92 valence electrons. The van der Waals surface area contributed by atoms with Gasteiger partial charge in [-0.1, -0.05) is 18.2 Å². The van der Waals surface area contributed by atoms with Gasteiger partial charge in [0, 0.05) is 22.0 Å². The number of aliphatic hydroxyl groups is 1. The molecule has 4 heteroatoms. The summed E-state index contributed by atoms with van der Waals surface area (Å²) in [5, 5.41) is 10.4. The predicted molar refractivity (Wildman–Crippen MR) is 73.5 cm³/mol. The van der Waals surface area contributed by atoms with Gasteiger partial charge in [-0.3, -0.25) is 0 Å². The monoisotopic (exact) mass is 252 g/mol. The molecule has 0 spiro atoms. The summed E-state index contributed by atoms with van der Waals surface area (Å²) in [7, 11) is 0. The summed E-state index contributed by atoms with van der Waals surface area (Å²) in [5.41, 5.74) is 12.7. The van der Waals surface area contributed by atoms with Gasteiger partial charge in [-0.05, 0) is 43.7 Å². The van der Waals surface area contributed by atoms with E-state index in [0.717, 1.165) is 0 Å². The van der Waals surface area contributed by atoms with Gasteiger partial charge in [-0.25, -0.2) is 0 Å². The number of nitrogens with two attached hydrogens (primary N) is 2. The van der Waals surface area contributed by atoms with Crippen LogP contribution in [-0.2, 0) is 0 Å². The van der Waals surface area contributed by atoms with Crippen molar-refractivity contribution in [3.8, 4) is 0 Å². The van der Waals surface area contributed by atoms with Crippen LogP contribution in [0, 0.1) is 0 Å². The maximum Gasteiger partial charge on any atom is 0.0854 e. The van der Waals surface area contributed by atoms with Crippen molar-refractivity contribution >= 4 is 23.4 Å². The second-order valence-electron chi connectivity index (χ2n) is 4.41. The lowest BCUT2D eigenvalue weighted by molar-refractivity contribution is 0.122. The van der Waals surface area contributed by atoms with Crippen molar-refractivity contribution in [3.63, 3.8) is 0 Å². The van der Waals surface area contributed by atoms with Gasteiger partial charge in [0.05, 0.1) is 5.60 Å². The summed E-state index contributed by atoms with van der Waals surface area (Å²) >= 11 is 5.87. The highest BCUT2D eigenvalue weighted by Crippen LogP contribution is 2.24. The van der Waals surface area contributed by atoms with Gasteiger partial charge < -0.3 is 16.6 Å². The third-order valence-electron chi connectivity index (χ3n) is 2.45. The minimum absolute atomic E-state index is 0.381. The Morgan fingerprint density at radius 2 is 2.06 bits per heavy atom. The van der Waals surface area contributed by atoms with Gasteiger partial charge >= 0.3 is 0 Å². The van der Waals surface area contributed by atoms with E-state index in [0.29, 0.717) is 27.5 Å². The molecule has 0 fully saturated rings. The van der Waals surface area contributed by atoms with E-state index in [9.17, 15) is 5.11 Å². The van der Waals surface area contributed by atoms with Gasteiger partial charge in [0.15, 0.2) is 0 Å². The fourth-order valence-corrected chi connectivity index (χ4v) is 1.46. The topological polar surface area (TPSA) is 72.3 Å². The molecule has 1 rings (SSSR count). The number of benzene rings is 1. The number of anilines is 1. The Kier molecular flexibility index (Phi) is 3.86. The fraction of sp³-hybridized carbons (Fsp3) is 0.231. The molecule has 0 atom stereocenters. The van der Waals surface area contributed by atoms with Crippen LogP contribution in [0.4, 0.5) is 5.69 Å². The highest BCUT2D eigenvalue weighted by Gasteiger charge is 2.19. The first-order valence-corrected chi connectivity index (χ1v) is 5.54. The molecular weight excluding hydrogens is 236 g/mol. The smallest absolute Gasteiger partial charge is 0.0854 e. The van der Waals surface area contributed by atoms with Gasteiger partial charge in [0.1, 0.15) is 0 Å². The van der Waals surface area contributed by atoms with Crippen LogP contribution < -0.4 is 11.5 Å². The minimum Gasteiger partial charge on any atom is -0.398 e. The molecule has 1 aromatic carbocycles. The quantitative estimate of drug-likeness (QED) is 0.572. The molecule has 0 saturated carbocycles. The average molecular weight is 253 g/mol. The average Bonchev–Trinajstić information content (AvgIpc) is 2.21. The Labute approximate surface area is 106 Å². The van der Waals surface area contributed by atoms with Crippen LogP contribution in [0.2, 0.25) is 5.02 Å². The zero-order valence-corrected chi connectivity index (χ0v) is 10.8. The van der Waals surface area contributed by atoms with Gasteiger partial charge in [-0.2, -0.15) is 0 Å². The Hall–Kier alpha value is -1.45. The molecule has 0 saturated heterocycles.